The molecule has 8 nitrogen and oxygen atoms in total. The first-order valence-electron chi connectivity index (χ1n) is 10.2. The maximum Gasteiger partial charge on any atom is 0.246 e. The Morgan fingerprint density at radius 3 is 2.44 bits per heavy atom. The van der Waals surface area contributed by atoms with E-state index in [2.05, 4.69) is 15.6 Å². The standard InChI is InChI=1S/C21H24F2N4O4S/c22-17-1-2-18(23)19(13-17)32(30,31)27-11-6-16(7-12-27)21(29)25-10-5-20(28)26-14-15-3-8-24-9-4-15/h1-4,8-9,13,16H,5-7,10-12,14H2,(H,25,29)(H,26,28). The number of nitrogens with zero attached hydrogens (tertiary/aromatic N) is 2. The zero-order valence-corrected chi connectivity index (χ0v) is 18.1. The number of hydrogen-bond acceptors (Lipinski definition) is 5. The van der Waals surface area contributed by atoms with Gasteiger partial charge >= 0.3 is 0 Å². The fourth-order valence-corrected chi connectivity index (χ4v) is 4.95. The molecule has 172 valence electrons. The molecule has 0 aliphatic carbocycles. The monoisotopic (exact) mass is 466 g/mol. The number of pyridine rings is 1. The molecule has 2 amide bonds. The lowest BCUT2D eigenvalue weighted by Crippen LogP contribution is -2.43. The normalized spacial score (nSPS) is 15.3. The van der Waals surface area contributed by atoms with Gasteiger partial charge in [-0.25, -0.2) is 17.2 Å². The maximum absolute atomic E-state index is 13.9. The predicted molar refractivity (Wildman–Crippen MR) is 112 cm³/mol. The van der Waals surface area contributed by atoms with Gasteiger partial charge < -0.3 is 10.6 Å². The van der Waals surface area contributed by atoms with E-state index in [0.29, 0.717) is 12.6 Å². The summed E-state index contributed by atoms with van der Waals surface area (Å²) in [5.41, 5.74) is 0.914. The summed E-state index contributed by atoms with van der Waals surface area (Å²) in [6, 6.07) is 5.86. The molecule has 32 heavy (non-hydrogen) atoms. The number of piperidine rings is 1. The number of halogens is 2. The van der Waals surface area contributed by atoms with Crippen molar-refractivity contribution in [3.05, 3.63) is 59.9 Å². The lowest BCUT2D eigenvalue weighted by atomic mass is 9.97. The first-order chi connectivity index (χ1) is 15.3. The van der Waals surface area contributed by atoms with Gasteiger partial charge in [0.15, 0.2) is 0 Å². The summed E-state index contributed by atoms with van der Waals surface area (Å²) in [7, 11) is -4.19. The Morgan fingerprint density at radius 1 is 1.06 bits per heavy atom. The van der Waals surface area contributed by atoms with Crippen molar-refractivity contribution in [2.24, 2.45) is 5.92 Å². The summed E-state index contributed by atoms with van der Waals surface area (Å²) < 4.78 is 53.6. The molecule has 2 aromatic rings. The lowest BCUT2D eigenvalue weighted by Gasteiger charge is -2.30. The van der Waals surface area contributed by atoms with Crippen LogP contribution < -0.4 is 10.6 Å². The van der Waals surface area contributed by atoms with Crippen molar-refractivity contribution in [2.45, 2.75) is 30.7 Å². The van der Waals surface area contributed by atoms with Crippen LogP contribution in [0.15, 0.2) is 47.6 Å². The van der Waals surface area contributed by atoms with Gasteiger partial charge in [-0.05, 0) is 48.7 Å². The first kappa shape index (κ1) is 23.7. The summed E-state index contributed by atoms with van der Waals surface area (Å²) in [4.78, 5) is 27.4. The fourth-order valence-electron chi connectivity index (χ4n) is 3.41. The van der Waals surface area contributed by atoms with Gasteiger partial charge in [0.1, 0.15) is 16.5 Å². The summed E-state index contributed by atoms with van der Waals surface area (Å²) in [6.45, 7) is 0.563. The molecule has 1 aliphatic heterocycles. The second kappa shape index (κ2) is 10.6. The van der Waals surface area contributed by atoms with Gasteiger partial charge in [0.2, 0.25) is 21.8 Å². The Morgan fingerprint density at radius 2 is 1.75 bits per heavy atom. The van der Waals surface area contributed by atoms with E-state index in [1.165, 1.54) is 0 Å². The van der Waals surface area contributed by atoms with Gasteiger partial charge in [0.05, 0.1) is 0 Å². The van der Waals surface area contributed by atoms with E-state index < -0.39 is 32.5 Å². The molecule has 2 heterocycles. The lowest BCUT2D eigenvalue weighted by molar-refractivity contribution is -0.126. The number of rotatable bonds is 8. The van der Waals surface area contributed by atoms with Crippen LogP contribution in [0, 0.1) is 17.6 Å². The third-order valence-electron chi connectivity index (χ3n) is 5.23. The number of sulfonamides is 1. The molecule has 11 heteroatoms. The van der Waals surface area contributed by atoms with Gasteiger partial charge in [0, 0.05) is 50.9 Å². The second-order valence-electron chi connectivity index (χ2n) is 7.43. The van der Waals surface area contributed by atoms with Crippen LogP contribution in [0.1, 0.15) is 24.8 Å². The molecule has 1 aliphatic rings. The minimum Gasteiger partial charge on any atom is -0.355 e. The molecule has 1 aromatic carbocycles. The van der Waals surface area contributed by atoms with Crippen LogP contribution in [0.5, 0.6) is 0 Å². The van der Waals surface area contributed by atoms with Crippen LogP contribution in [0.2, 0.25) is 0 Å². The fraction of sp³-hybridized carbons (Fsp3) is 0.381. The predicted octanol–water partition coefficient (Wildman–Crippen LogP) is 1.58. The van der Waals surface area contributed by atoms with E-state index in [4.69, 9.17) is 0 Å². The van der Waals surface area contributed by atoms with Gasteiger partial charge in [0.25, 0.3) is 0 Å². The average molecular weight is 467 g/mol. The van der Waals surface area contributed by atoms with Crippen LogP contribution in [-0.2, 0) is 26.2 Å². The average Bonchev–Trinajstić information content (AvgIpc) is 2.80. The first-order valence-corrected chi connectivity index (χ1v) is 11.6. The Bertz CT molecular complexity index is 1060. The second-order valence-corrected chi connectivity index (χ2v) is 9.33. The zero-order chi connectivity index (χ0) is 23.1. The van der Waals surface area contributed by atoms with Gasteiger partial charge in [-0.15, -0.1) is 0 Å². The smallest absolute Gasteiger partial charge is 0.246 e. The number of nitrogens with one attached hydrogen (secondary N) is 2. The number of carbonyl (C=O) groups is 2. The molecule has 0 radical (unpaired) electrons. The number of hydrogen-bond donors (Lipinski definition) is 2. The quantitative estimate of drug-likeness (QED) is 0.614. The molecule has 0 saturated carbocycles. The molecule has 0 bridgehead atoms. The molecule has 1 saturated heterocycles. The van der Waals surface area contributed by atoms with E-state index in [1.54, 1.807) is 24.5 Å². The molecular formula is C21H24F2N4O4S. The van der Waals surface area contributed by atoms with E-state index in [1.807, 2.05) is 0 Å². The van der Waals surface area contributed by atoms with Crippen molar-refractivity contribution in [3.63, 3.8) is 0 Å². The summed E-state index contributed by atoms with van der Waals surface area (Å²) >= 11 is 0. The highest BCUT2D eigenvalue weighted by molar-refractivity contribution is 7.89. The maximum atomic E-state index is 13.9. The minimum atomic E-state index is -4.19. The third-order valence-corrected chi connectivity index (χ3v) is 7.14. The van der Waals surface area contributed by atoms with Gasteiger partial charge in [-0.1, -0.05) is 0 Å². The van der Waals surface area contributed by atoms with Gasteiger partial charge in [-0.2, -0.15) is 4.31 Å². The Labute approximate surface area is 185 Å². The molecule has 3 rings (SSSR count). The largest absolute Gasteiger partial charge is 0.355 e. The highest BCUT2D eigenvalue weighted by Crippen LogP contribution is 2.26. The van der Waals surface area contributed by atoms with Crippen LogP contribution in [0.3, 0.4) is 0 Å². The molecule has 0 unspecified atom stereocenters. The highest BCUT2D eigenvalue weighted by atomic mass is 32.2. The third kappa shape index (κ3) is 6.07. The zero-order valence-electron chi connectivity index (χ0n) is 17.3. The molecular weight excluding hydrogens is 442 g/mol. The summed E-state index contributed by atoms with van der Waals surface area (Å²) in [5.74, 6) is -2.75. The van der Waals surface area contributed by atoms with E-state index >= 15 is 0 Å². The van der Waals surface area contributed by atoms with Crippen LogP contribution in [-0.4, -0.2) is 49.2 Å². The van der Waals surface area contributed by atoms with Crippen LogP contribution in [0.25, 0.3) is 0 Å². The van der Waals surface area contributed by atoms with Crippen molar-refractivity contribution in [1.82, 2.24) is 19.9 Å². The van der Waals surface area contributed by atoms with Crippen LogP contribution >= 0.6 is 0 Å². The Kier molecular flexibility index (Phi) is 7.86. The Balaban J connectivity index is 1.42. The van der Waals surface area contributed by atoms with E-state index in [0.717, 1.165) is 22.0 Å². The van der Waals surface area contributed by atoms with Gasteiger partial charge in [-0.3, -0.25) is 14.6 Å². The number of benzene rings is 1. The van der Waals surface area contributed by atoms with Crippen molar-refractivity contribution >= 4 is 21.8 Å². The van der Waals surface area contributed by atoms with E-state index in [-0.39, 0.29) is 50.7 Å². The minimum absolute atomic E-state index is 0.0167. The van der Waals surface area contributed by atoms with E-state index in [9.17, 15) is 26.8 Å². The number of carbonyl (C=O) groups excluding carboxylic acids is 2. The molecule has 0 spiro atoms. The van der Waals surface area contributed by atoms with Crippen molar-refractivity contribution < 1.29 is 26.8 Å². The molecule has 1 aromatic heterocycles. The number of aromatic nitrogens is 1. The SMILES string of the molecule is O=C(CCNC(=O)C1CCN(S(=O)(=O)c2cc(F)ccc2F)CC1)NCc1ccncc1. The summed E-state index contributed by atoms with van der Waals surface area (Å²) in [6.07, 6.45) is 3.87. The van der Waals surface area contributed by atoms with Crippen molar-refractivity contribution in [1.29, 1.82) is 0 Å². The Hall–Kier alpha value is -2.92. The van der Waals surface area contributed by atoms with Crippen LogP contribution in [0.4, 0.5) is 8.78 Å². The van der Waals surface area contributed by atoms with Crippen molar-refractivity contribution in [3.8, 4) is 0 Å². The summed E-state index contributed by atoms with van der Waals surface area (Å²) in [5, 5.41) is 5.45. The number of amides is 2. The van der Waals surface area contributed by atoms with Crippen molar-refractivity contribution in [2.75, 3.05) is 19.6 Å². The molecule has 2 N–H and O–H groups in total. The molecule has 0 atom stereocenters. The molecule has 1 fully saturated rings. The highest BCUT2D eigenvalue weighted by Gasteiger charge is 2.33. The topological polar surface area (TPSA) is 108 Å².